The van der Waals surface area contributed by atoms with Crippen LogP contribution >= 0.6 is 27.7 Å². The van der Waals surface area contributed by atoms with Gasteiger partial charge in [0.2, 0.25) is 0 Å². The van der Waals surface area contributed by atoms with Crippen molar-refractivity contribution in [2.45, 2.75) is 36.9 Å². The van der Waals surface area contributed by atoms with Gasteiger partial charge in [0, 0.05) is 24.3 Å². The third-order valence-electron chi connectivity index (χ3n) is 6.56. The van der Waals surface area contributed by atoms with E-state index in [9.17, 15) is 14.7 Å². The lowest BCUT2D eigenvalue weighted by Crippen LogP contribution is -2.30. The van der Waals surface area contributed by atoms with Gasteiger partial charge >= 0.3 is 5.97 Å². The van der Waals surface area contributed by atoms with Crippen LogP contribution in [0, 0.1) is 5.92 Å². The Balaban J connectivity index is 1.56. The SMILES string of the molecule is O=C(O)[C@@H]1CSc2c(-c3cn(CC4CC4)nn3)c(Cc3cccc4ccccc34)c(Br)c(=O)n21. The quantitative estimate of drug-likeness (QED) is 0.382. The second kappa shape index (κ2) is 8.39. The first-order chi connectivity index (χ1) is 16.5. The lowest BCUT2D eigenvalue weighted by Gasteiger charge is -2.18. The number of carboxylic acid groups (broad SMARTS) is 1. The molecule has 1 fully saturated rings. The van der Waals surface area contributed by atoms with Crippen molar-refractivity contribution in [3.8, 4) is 11.3 Å². The van der Waals surface area contributed by atoms with Crippen molar-refractivity contribution in [1.29, 1.82) is 0 Å². The van der Waals surface area contributed by atoms with E-state index >= 15 is 0 Å². The van der Waals surface area contributed by atoms with E-state index in [0.717, 1.165) is 34.0 Å². The summed E-state index contributed by atoms with van der Waals surface area (Å²) in [6.07, 6.45) is 4.85. The third-order valence-corrected chi connectivity index (χ3v) is 8.54. The fraction of sp³-hybridized carbons (Fsp3) is 0.280. The third kappa shape index (κ3) is 3.67. The highest BCUT2D eigenvalue weighted by Crippen LogP contribution is 2.43. The van der Waals surface area contributed by atoms with E-state index in [1.165, 1.54) is 29.2 Å². The molecule has 0 bridgehead atoms. The average Bonchev–Trinajstić information content (AvgIpc) is 3.34. The highest BCUT2D eigenvalue weighted by atomic mass is 79.9. The number of hydrogen-bond acceptors (Lipinski definition) is 5. The molecule has 0 saturated heterocycles. The predicted octanol–water partition coefficient (Wildman–Crippen LogP) is 4.75. The van der Waals surface area contributed by atoms with E-state index in [1.54, 1.807) is 0 Å². The predicted molar refractivity (Wildman–Crippen MR) is 134 cm³/mol. The van der Waals surface area contributed by atoms with Crippen LogP contribution in [0.5, 0.6) is 0 Å². The van der Waals surface area contributed by atoms with Crippen molar-refractivity contribution >= 4 is 44.4 Å². The zero-order valence-electron chi connectivity index (χ0n) is 18.1. The number of benzene rings is 2. The van der Waals surface area contributed by atoms with Crippen molar-refractivity contribution in [1.82, 2.24) is 19.6 Å². The maximum Gasteiger partial charge on any atom is 0.327 e. The largest absolute Gasteiger partial charge is 0.480 e. The van der Waals surface area contributed by atoms with Crippen LogP contribution in [0.2, 0.25) is 0 Å². The van der Waals surface area contributed by atoms with Crippen LogP contribution in [-0.2, 0) is 17.8 Å². The zero-order valence-corrected chi connectivity index (χ0v) is 20.6. The molecule has 0 radical (unpaired) electrons. The number of halogens is 1. The molecule has 2 aliphatic rings. The van der Waals surface area contributed by atoms with E-state index in [2.05, 4.69) is 50.5 Å². The fourth-order valence-electron chi connectivity index (χ4n) is 4.66. The molecule has 1 N–H and O–H groups in total. The highest BCUT2D eigenvalue weighted by molar-refractivity contribution is 9.10. The van der Waals surface area contributed by atoms with Crippen LogP contribution < -0.4 is 5.56 Å². The van der Waals surface area contributed by atoms with Crippen LogP contribution in [0.15, 0.2) is 63.0 Å². The minimum Gasteiger partial charge on any atom is -0.480 e. The number of rotatable bonds is 6. The maximum absolute atomic E-state index is 13.4. The molecule has 0 spiro atoms. The standard InChI is InChI=1S/C25H21BrN4O3S/c26-22-18(10-16-6-3-5-15-4-1-2-7-17(15)16)21(19-12-29(28-27-19)11-14-8-9-14)24-30(23(22)31)20(13-34-24)25(32)33/h1-7,12,14,20H,8-11,13H2,(H,32,33)/t20-/m0/s1. The molecule has 6 rings (SSSR count). The molecule has 0 amide bonds. The van der Waals surface area contributed by atoms with Crippen LogP contribution in [0.4, 0.5) is 0 Å². The summed E-state index contributed by atoms with van der Waals surface area (Å²) in [5.41, 5.74) is 3.03. The van der Waals surface area contributed by atoms with Gasteiger partial charge in [-0.1, -0.05) is 47.7 Å². The molecule has 0 unspecified atom stereocenters. The van der Waals surface area contributed by atoms with Crippen LogP contribution in [0.3, 0.4) is 0 Å². The minimum absolute atomic E-state index is 0.304. The second-order valence-corrected chi connectivity index (χ2v) is 10.7. The van der Waals surface area contributed by atoms with E-state index in [4.69, 9.17) is 0 Å². The molecule has 7 nitrogen and oxygen atoms in total. The van der Waals surface area contributed by atoms with Gasteiger partial charge in [-0.05, 0) is 56.6 Å². The number of aliphatic carboxylic acids is 1. The van der Waals surface area contributed by atoms with Crippen molar-refractivity contribution < 1.29 is 9.90 Å². The Kier molecular flexibility index (Phi) is 5.33. The van der Waals surface area contributed by atoms with Crippen LogP contribution in [0.1, 0.15) is 30.0 Å². The van der Waals surface area contributed by atoms with Gasteiger partial charge in [0.05, 0.1) is 15.7 Å². The first kappa shape index (κ1) is 21.6. The number of nitrogens with zero attached hydrogens (tertiary/aromatic N) is 4. The normalized spacial score (nSPS) is 17.3. The number of fused-ring (bicyclic) bond motifs is 2. The summed E-state index contributed by atoms with van der Waals surface area (Å²) in [4.78, 5) is 25.3. The first-order valence-electron chi connectivity index (χ1n) is 11.2. The van der Waals surface area contributed by atoms with Gasteiger partial charge in [-0.2, -0.15) is 0 Å². The molecule has 1 saturated carbocycles. The Hall–Kier alpha value is -2.91. The van der Waals surface area contributed by atoms with Gasteiger partial charge in [0.15, 0.2) is 0 Å². The van der Waals surface area contributed by atoms with Gasteiger partial charge in [-0.25, -0.2) is 4.79 Å². The Morgan fingerprint density at radius 2 is 1.97 bits per heavy atom. The summed E-state index contributed by atoms with van der Waals surface area (Å²) in [7, 11) is 0. The molecule has 4 aromatic rings. The van der Waals surface area contributed by atoms with Gasteiger partial charge in [0.25, 0.3) is 5.56 Å². The van der Waals surface area contributed by atoms with Crippen LogP contribution in [-0.4, -0.2) is 36.4 Å². The molecule has 3 heterocycles. The number of pyridine rings is 1. The number of carboxylic acids is 1. The molecule has 9 heteroatoms. The highest BCUT2D eigenvalue weighted by Gasteiger charge is 2.36. The smallest absolute Gasteiger partial charge is 0.327 e. The maximum atomic E-state index is 13.4. The summed E-state index contributed by atoms with van der Waals surface area (Å²) < 4.78 is 3.64. The fourth-order valence-corrected chi connectivity index (χ4v) is 6.52. The molecular formula is C25H21BrN4O3S. The molecule has 34 heavy (non-hydrogen) atoms. The lowest BCUT2D eigenvalue weighted by molar-refractivity contribution is -0.140. The van der Waals surface area contributed by atoms with Crippen molar-refractivity contribution in [3.05, 3.63) is 74.6 Å². The van der Waals surface area contributed by atoms with Crippen molar-refractivity contribution in [3.63, 3.8) is 0 Å². The first-order valence-corrected chi connectivity index (χ1v) is 13.0. The summed E-state index contributed by atoms with van der Waals surface area (Å²) in [6.45, 7) is 0.826. The molecule has 1 atom stereocenters. The summed E-state index contributed by atoms with van der Waals surface area (Å²) >= 11 is 4.94. The average molecular weight is 537 g/mol. The van der Waals surface area contributed by atoms with Gasteiger partial charge in [-0.15, -0.1) is 16.9 Å². The molecule has 1 aliphatic heterocycles. The topological polar surface area (TPSA) is 90.0 Å². The lowest BCUT2D eigenvalue weighted by atomic mass is 9.95. The Morgan fingerprint density at radius 1 is 1.18 bits per heavy atom. The number of aromatic nitrogens is 4. The summed E-state index contributed by atoms with van der Waals surface area (Å²) in [5, 5.41) is 21.5. The summed E-state index contributed by atoms with van der Waals surface area (Å²) in [6, 6.07) is 13.4. The molecule has 2 aromatic carbocycles. The van der Waals surface area contributed by atoms with Crippen molar-refractivity contribution in [2.24, 2.45) is 5.92 Å². The van der Waals surface area contributed by atoms with Crippen molar-refractivity contribution in [2.75, 3.05) is 5.75 Å². The van der Waals surface area contributed by atoms with E-state index in [1.807, 2.05) is 29.1 Å². The Morgan fingerprint density at radius 3 is 2.76 bits per heavy atom. The molecular weight excluding hydrogens is 516 g/mol. The monoisotopic (exact) mass is 536 g/mol. The van der Waals surface area contributed by atoms with Crippen LogP contribution in [0.25, 0.3) is 22.0 Å². The number of carbonyl (C=O) groups is 1. The molecule has 2 aromatic heterocycles. The minimum atomic E-state index is -1.01. The molecule has 1 aliphatic carbocycles. The van der Waals surface area contributed by atoms with E-state index < -0.39 is 12.0 Å². The number of thioether (sulfide) groups is 1. The number of hydrogen-bond donors (Lipinski definition) is 1. The molecule has 172 valence electrons. The summed E-state index contributed by atoms with van der Waals surface area (Å²) in [5.74, 6) is -0.0606. The Bertz CT molecular complexity index is 1500. The van der Waals surface area contributed by atoms with Gasteiger partial charge in [0.1, 0.15) is 11.7 Å². The van der Waals surface area contributed by atoms with E-state index in [0.29, 0.717) is 33.3 Å². The van der Waals surface area contributed by atoms with E-state index in [-0.39, 0.29) is 5.56 Å². The van der Waals surface area contributed by atoms with Gasteiger partial charge in [-0.3, -0.25) is 14.0 Å². The zero-order chi connectivity index (χ0) is 23.4. The Labute approximate surface area is 207 Å². The van der Waals surface area contributed by atoms with Gasteiger partial charge < -0.3 is 5.11 Å². The second-order valence-electron chi connectivity index (χ2n) is 8.90.